The van der Waals surface area contributed by atoms with Crippen LogP contribution in [0, 0.1) is 0 Å². The highest BCUT2D eigenvalue weighted by molar-refractivity contribution is 6.08. The van der Waals surface area contributed by atoms with Crippen LogP contribution in [0.15, 0.2) is 48.5 Å². The van der Waals surface area contributed by atoms with E-state index >= 15 is 0 Å². The third-order valence-corrected chi connectivity index (χ3v) is 4.36. The monoisotopic (exact) mass is 370 g/mol. The molecule has 138 valence electrons. The SMILES string of the molecule is CN1CCN(C(=O)c2cccc(OC(F)F)c2)c2nc3ccccc3nc21. The molecule has 0 N–H and O–H groups in total. The van der Waals surface area contributed by atoms with E-state index in [-0.39, 0.29) is 17.2 Å². The largest absolute Gasteiger partial charge is 0.435 e. The molecule has 0 saturated carbocycles. The molecule has 0 fully saturated rings. The summed E-state index contributed by atoms with van der Waals surface area (Å²) in [5, 5.41) is 0. The molecule has 0 radical (unpaired) electrons. The van der Waals surface area contributed by atoms with E-state index in [4.69, 9.17) is 0 Å². The van der Waals surface area contributed by atoms with Crippen LogP contribution in [0.3, 0.4) is 0 Å². The number of anilines is 2. The highest BCUT2D eigenvalue weighted by atomic mass is 19.3. The summed E-state index contributed by atoms with van der Waals surface area (Å²) >= 11 is 0. The van der Waals surface area contributed by atoms with Crippen LogP contribution in [0.4, 0.5) is 20.4 Å². The van der Waals surface area contributed by atoms with Gasteiger partial charge in [0, 0.05) is 25.7 Å². The Bertz CT molecular complexity index is 1010. The van der Waals surface area contributed by atoms with Gasteiger partial charge in [0.2, 0.25) is 0 Å². The zero-order valence-electron chi connectivity index (χ0n) is 14.5. The van der Waals surface area contributed by atoms with E-state index in [1.54, 1.807) is 6.07 Å². The Hall–Kier alpha value is -3.29. The summed E-state index contributed by atoms with van der Waals surface area (Å²) in [6.45, 7) is -1.95. The van der Waals surface area contributed by atoms with E-state index in [9.17, 15) is 13.6 Å². The number of para-hydroxylation sites is 2. The van der Waals surface area contributed by atoms with Crippen LogP contribution in [-0.2, 0) is 0 Å². The van der Waals surface area contributed by atoms with Crippen molar-refractivity contribution in [1.29, 1.82) is 0 Å². The Labute approximate surface area is 154 Å². The van der Waals surface area contributed by atoms with Gasteiger partial charge in [-0.15, -0.1) is 0 Å². The number of hydrogen-bond acceptors (Lipinski definition) is 5. The standard InChI is InChI=1S/C19H16F2N4O2/c1-24-9-10-25(17-16(24)22-14-7-2-3-8-15(14)23-17)18(26)12-5-4-6-13(11-12)27-19(20)21/h2-8,11,19H,9-10H2,1H3. The smallest absolute Gasteiger partial charge is 0.387 e. The summed E-state index contributed by atoms with van der Waals surface area (Å²) in [6.07, 6.45) is 0. The fourth-order valence-corrected chi connectivity index (χ4v) is 3.04. The summed E-state index contributed by atoms with van der Waals surface area (Å²) in [7, 11) is 1.89. The second-order valence-corrected chi connectivity index (χ2v) is 6.14. The summed E-state index contributed by atoms with van der Waals surface area (Å²) in [4.78, 5) is 25.7. The third-order valence-electron chi connectivity index (χ3n) is 4.36. The first-order valence-electron chi connectivity index (χ1n) is 8.37. The number of benzene rings is 2. The number of carbonyl (C=O) groups is 1. The number of hydrogen-bond donors (Lipinski definition) is 0. The molecule has 2 aromatic carbocycles. The highest BCUT2D eigenvalue weighted by Gasteiger charge is 2.29. The lowest BCUT2D eigenvalue weighted by molar-refractivity contribution is -0.0498. The molecule has 2 heterocycles. The van der Waals surface area contributed by atoms with Crippen molar-refractivity contribution in [3.63, 3.8) is 0 Å². The maximum absolute atomic E-state index is 13.0. The molecule has 0 saturated heterocycles. The topological polar surface area (TPSA) is 58.6 Å². The summed E-state index contributed by atoms with van der Waals surface area (Å²) in [5.74, 6) is 0.657. The molecule has 6 nitrogen and oxygen atoms in total. The van der Waals surface area contributed by atoms with Crippen LogP contribution in [0.1, 0.15) is 10.4 Å². The lowest BCUT2D eigenvalue weighted by Crippen LogP contribution is -2.43. The predicted octanol–water partition coefficient (Wildman–Crippen LogP) is 3.33. The average molecular weight is 370 g/mol. The number of ether oxygens (including phenoxy) is 1. The summed E-state index contributed by atoms with van der Waals surface area (Å²) < 4.78 is 29.3. The number of fused-ring (bicyclic) bond motifs is 2. The van der Waals surface area contributed by atoms with Crippen LogP contribution in [0.25, 0.3) is 11.0 Å². The number of carbonyl (C=O) groups excluding carboxylic acids is 1. The first kappa shape index (κ1) is 17.1. The van der Waals surface area contributed by atoms with Crippen molar-refractivity contribution in [1.82, 2.24) is 9.97 Å². The van der Waals surface area contributed by atoms with Crippen LogP contribution in [0.2, 0.25) is 0 Å². The number of halogens is 2. The minimum Gasteiger partial charge on any atom is -0.435 e. The molecule has 8 heteroatoms. The predicted molar refractivity (Wildman–Crippen MR) is 97.6 cm³/mol. The minimum absolute atomic E-state index is 0.0604. The number of amides is 1. The maximum atomic E-state index is 13.0. The molecule has 4 rings (SSSR count). The van der Waals surface area contributed by atoms with Crippen molar-refractivity contribution in [3.8, 4) is 5.75 Å². The Morgan fingerprint density at radius 1 is 1.04 bits per heavy atom. The molecule has 3 aromatic rings. The van der Waals surface area contributed by atoms with Crippen LogP contribution in [-0.4, -0.2) is 42.6 Å². The second-order valence-electron chi connectivity index (χ2n) is 6.14. The van der Waals surface area contributed by atoms with E-state index in [0.29, 0.717) is 30.2 Å². The molecule has 27 heavy (non-hydrogen) atoms. The molecular formula is C19H16F2N4O2. The quantitative estimate of drug-likeness (QED) is 0.708. The van der Waals surface area contributed by atoms with Crippen LogP contribution < -0.4 is 14.5 Å². The second kappa shape index (κ2) is 6.79. The van der Waals surface area contributed by atoms with E-state index in [1.807, 2.05) is 36.2 Å². The van der Waals surface area contributed by atoms with E-state index in [0.717, 1.165) is 5.52 Å². The van der Waals surface area contributed by atoms with Gasteiger partial charge in [-0.3, -0.25) is 9.69 Å². The van der Waals surface area contributed by atoms with Gasteiger partial charge in [-0.2, -0.15) is 8.78 Å². The van der Waals surface area contributed by atoms with Crippen molar-refractivity contribution in [2.24, 2.45) is 0 Å². The van der Waals surface area contributed by atoms with E-state index in [1.165, 1.54) is 23.1 Å². The average Bonchev–Trinajstić information content (AvgIpc) is 2.66. The van der Waals surface area contributed by atoms with Gasteiger partial charge in [-0.25, -0.2) is 9.97 Å². The first-order chi connectivity index (χ1) is 13.0. The molecule has 1 aromatic heterocycles. The lowest BCUT2D eigenvalue weighted by atomic mass is 10.1. The van der Waals surface area contributed by atoms with Crippen molar-refractivity contribution in [2.75, 3.05) is 29.9 Å². The Balaban J connectivity index is 1.74. The molecule has 1 aliphatic heterocycles. The van der Waals surface area contributed by atoms with Crippen LogP contribution >= 0.6 is 0 Å². The van der Waals surface area contributed by atoms with Gasteiger partial charge in [-0.1, -0.05) is 18.2 Å². The van der Waals surface area contributed by atoms with E-state index < -0.39 is 6.61 Å². The van der Waals surface area contributed by atoms with Gasteiger partial charge < -0.3 is 9.64 Å². The zero-order chi connectivity index (χ0) is 19.0. The van der Waals surface area contributed by atoms with Gasteiger partial charge in [-0.05, 0) is 30.3 Å². The molecule has 0 unspecified atom stereocenters. The fourth-order valence-electron chi connectivity index (χ4n) is 3.04. The number of likely N-dealkylation sites (N-methyl/N-ethyl adjacent to an activating group) is 1. The Kier molecular flexibility index (Phi) is 4.31. The number of rotatable bonds is 3. The molecule has 0 bridgehead atoms. The van der Waals surface area contributed by atoms with Crippen molar-refractivity contribution >= 4 is 28.6 Å². The third kappa shape index (κ3) is 3.25. The number of nitrogens with zero attached hydrogens (tertiary/aromatic N) is 4. The molecule has 0 atom stereocenters. The molecule has 1 amide bonds. The van der Waals surface area contributed by atoms with Crippen molar-refractivity contribution in [2.45, 2.75) is 6.61 Å². The normalized spacial score (nSPS) is 13.8. The van der Waals surface area contributed by atoms with Gasteiger partial charge in [0.15, 0.2) is 11.6 Å². The van der Waals surface area contributed by atoms with E-state index in [2.05, 4.69) is 14.7 Å². The van der Waals surface area contributed by atoms with Gasteiger partial charge >= 0.3 is 6.61 Å². The lowest BCUT2D eigenvalue weighted by Gasteiger charge is -2.33. The number of aromatic nitrogens is 2. The molecule has 1 aliphatic rings. The van der Waals surface area contributed by atoms with Crippen LogP contribution in [0.5, 0.6) is 5.75 Å². The molecule has 0 spiro atoms. The molecule has 0 aliphatic carbocycles. The Morgan fingerprint density at radius 2 is 1.74 bits per heavy atom. The van der Waals surface area contributed by atoms with Crippen molar-refractivity contribution < 1.29 is 18.3 Å². The maximum Gasteiger partial charge on any atom is 0.387 e. The first-order valence-corrected chi connectivity index (χ1v) is 8.37. The zero-order valence-corrected chi connectivity index (χ0v) is 14.5. The minimum atomic E-state index is -2.95. The van der Waals surface area contributed by atoms with Crippen molar-refractivity contribution in [3.05, 3.63) is 54.1 Å². The van der Waals surface area contributed by atoms with Gasteiger partial charge in [0.1, 0.15) is 5.75 Å². The number of alkyl halides is 2. The summed E-state index contributed by atoms with van der Waals surface area (Å²) in [6, 6.07) is 13.2. The Morgan fingerprint density at radius 3 is 2.44 bits per heavy atom. The fraction of sp³-hybridized carbons (Fsp3) is 0.211. The summed E-state index contributed by atoms with van der Waals surface area (Å²) in [5.41, 5.74) is 1.67. The molecular weight excluding hydrogens is 354 g/mol. The van der Waals surface area contributed by atoms with Gasteiger partial charge in [0.05, 0.1) is 11.0 Å². The van der Waals surface area contributed by atoms with Gasteiger partial charge in [0.25, 0.3) is 5.91 Å². The highest BCUT2D eigenvalue weighted by Crippen LogP contribution is 2.32.